The Hall–Kier alpha value is -1.46. The first kappa shape index (κ1) is 14.0. The Balaban J connectivity index is 2.23. The van der Waals surface area contributed by atoms with Gasteiger partial charge in [0.05, 0.1) is 10.6 Å². The van der Waals surface area contributed by atoms with E-state index >= 15 is 0 Å². The van der Waals surface area contributed by atoms with Crippen LogP contribution in [0.4, 0.5) is 10.2 Å². The normalized spacial score (nSPS) is 10.3. The number of carbonyl (C=O) groups is 1. The molecule has 0 bridgehead atoms. The average molecular weight is 344 g/mol. The van der Waals surface area contributed by atoms with Crippen LogP contribution < -0.4 is 5.32 Å². The van der Waals surface area contributed by atoms with Crippen LogP contribution in [0.1, 0.15) is 15.9 Å². The van der Waals surface area contributed by atoms with Gasteiger partial charge in [0.15, 0.2) is 0 Å². The van der Waals surface area contributed by atoms with Crippen LogP contribution in [-0.2, 0) is 0 Å². The number of aryl methyl sites for hydroxylation is 1. The van der Waals surface area contributed by atoms with Gasteiger partial charge in [-0.3, -0.25) is 4.79 Å². The van der Waals surface area contributed by atoms with Gasteiger partial charge in [-0.25, -0.2) is 9.37 Å². The summed E-state index contributed by atoms with van der Waals surface area (Å²) in [6, 6.07) is 5.33. The molecule has 1 N–H and O–H groups in total. The second-order valence-electron chi connectivity index (χ2n) is 3.90. The van der Waals surface area contributed by atoms with Gasteiger partial charge in [0.25, 0.3) is 5.91 Å². The summed E-state index contributed by atoms with van der Waals surface area (Å²) >= 11 is 9.14. The zero-order valence-corrected chi connectivity index (χ0v) is 12.2. The molecule has 19 heavy (non-hydrogen) atoms. The zero-order chi connectivity index (χ0) is 14.0. The average Bonchev–Trinajstić information content (AvgIpc) is 2.33. The van der Waals surface area contributed by atoms with Gasteiger partial charge in [-0.1, -0.05) is 11.6 Å². The molecule has 0 spiro atoms. The van der Waals surface area contributed by atoms with Crippen molar-refractivity contribution in [2.45, 2.75) is 6.92 Å². The van der Waals surface area contributed by atoms with Crippen LogP contribution >= 0.6 is 27.5 Å². The standard InChI is InChI=1S/C13H9BrClFN2O/c1-7-4-12(17-6-10(7)14)18-13(19)9-3-2-8(16)5-11(9)15/h2-6H,1H3,(H,17,18,19). The van der Waals surface area contributed by atoms with E-state index < -0.39 is 11.7 Å². The number of aromatic nitrogens is 1. The van der Waals surface area contributed by atoms with Crippen molar-refractivity contribution in [1.29, 1.82) is 0 Å². The van der Waals surface area contributed by atoms with Crippen molar-refractivity contribution >= 4 is 39.3 Å². The van der Waals surface area contributed by atoms with Gasteiger partial charge in [-0.05, 0) is 52.7 Å². The Morgan fingerprint density at radius 2 is 2.16 bits per heavy atom. The molecule has 2 rings (SSSR count). The van der Waals surface area contributed by atoms with E-state index in [1.807, 2.05) is 6.92 Å². The maximum Gasteiger partial charge on any atom is 0.258 e. The van der Waals surface area contributed by atoms with Gasteiger partial charge < -0.3 is 5.32 Å². The fraction of sp³-hybridized carbons (Fsp3) is 0.0769. The molecule has 0 fully saturated rings. The molecule has 0 unspecified atom stereocenters. The van der Waals surface area contributed by atoms with E-state index in [9.17, 15) is 9.18 Å². The third-order valence-corrected chi connectivity index (χ3v) is 3.61. The molecule has 6 heteroatoms. The minimum absolute atomic E-state index is 0.0614. The maximum atomic E-state index is 12.9. The minimum atomic E-state index is -0.487. The van der Waals surface area contributed by atoms with E-state index in [0.29, 0.717) is 5.82 Å². The predicted octanol–water partition coefficient (Wildman–Crippen LogP) is 4.20. The topological polar surface area (TPSA) is 42.0 Å². The second kappa shape index (κ2) is 5.67. The molecule has 0 radical (unpaired) electrons. The number of rotatable bonds is 2. The highest BCUT2D eigenvalue weighted by molar-refractivity contribution is 9.10. The first-order chi connectivity index (χ1) is 8.97. The van der Waals surface area contributed by atoms with Gasteiger partial charge >= 0.3 is 0 Å². The fourth-order valence-corrected chi connectivity index (χ4v) is 1.93. The molecule has 0 saturated carbocycles. The van der Waals surface area contributed by atoms with E-state index in [-0.39, 0.29) is 10.6 Å². The number of carbonyl (C=O) groups excluding carboxylic acids is 1. The quantitative estimate of drug-likeness (QED) is 0.888. The van der Waals surface area contributed by atoms with E-state index in [0.717, 1.165) is 16.1 Å². The number of halogens is 3. The number of nitrogens with zero attached hydrogens (tertiary/aromatic N) is 1. The Labute approximate surface area is 122 Å². The Morgan fingerprint density at radius 1 is 1.42 bits per heavy atom. The van der Waals surface area contributed by atoms with E-state index in [1.54, 1.807) is 12.3 Å². The summed E-state index contributed by atoms with van der Waals surface area (Å²) in [5.74, 6) is -0.510. The molecule has 0 atom stereocenters. The van der Waals surface area contributed by atoms with Crippen LogP contribution in [0.25, 0.3) is 0 Å². The molecule has 1 amide bonds. The summed E-state index contributed by atoms with van der Waals surface area (Å²) in [6.45, 7) is 1.88. The summed E-state index contributed by atoms with van der Waals surface area (Å²) in [5.41, 5.74) is 1.14. The number of benzene rings is 1. The molecule has 1 aromatic carbocycles. The van der Waals surface area contributed by atoms with Crippen LogP contribution in [0.3, 0.4) is 0 Å². The highest BCUT2D eigenvalue weighted by Gasteiger charge is 2.12. The molecular formula is C13H9BrClFN2O. The molecule has 0 aliphatic heterocycles. The third-order valence-electron chi connectivity index (χ3n) is 2.46. The van der Waals surface area contributed by atoms with E-state index in [2.05, 4.69) is 26.2 Å². The SMILES string of the molecule is Cc1cc(NC(=O)c2ccc(F)cc2Cl)ncc1Br. The first-order valence-electron chi connectivity index (χ1n) is 5.36. The Kier molecular flexibility index (Phi) is 4.17. The van der Waals surface area contributed by atoms with Gasteiger partial charge in [0.2, 0.25) is 0 Å². The van der Waals surface area contributed by atoms with Crippen LogP contribution in [0.5, 0.6) is 0 Å². The third kappa shape index (κ3) is 3.30. The first-order valence-corrected chi connectivity index (χ1v) is 6.53. The lowest BCUT2D eigenvalue weighted by molar-refractivity contribution is 0.102. The van der Waals surface area contributed by atoms with Gasteiger partial charge in [0.1, 0.15) is 11.6 Å². The largest absolute Gasteiger partial charge is 0.307 e. The van der Waals surface area contributed by atoms with Crippen LogP contribution in [0, 0.1) is 12.7 Å². The molecule has 3 nitrogen and oxygen atoms in total. The summed E-state index contributed by atoms with van der Waals surface area (Å²) < 4.78 is 13.8. The Bertz CT molecular complexity index is 649. The lowest BCUT2D eigenvalue weighted by Crippen LogP contribution is -2.13. The molecule has 1 aromatic heterocycles. The molecular weight excluding hydrogens is 335 g/mol. The van der Waals surface area contributed by atoms with Crippen molar-refractivity contribution in [2.75, 3.05) is 5.32 Å². The molecule has 2 aromatic rings. The summed E-state index contributed by atoms with van der Waals surface area (Å²) in [5, 5.41) is 2.67. The number of pyridine rings is 1. The lowest BCUT2D eigenvalue weighted by atomic mass is 10.2. The molecule has 0 aliphatic rings. The second-order valence-corrected chi connectivity index (χ2v) is 5.16. The molecule has 1 heterocycles. The van der Waals surface area contributed by atoms with Crippen molar-refractivity contribution in [2.24, 2.45) is 0 Å². The predicted molar refractivity (Wildman–Crippen MR) is 76.0 cm³/mol. The van der Waals surface area contributed by atoms with E-state index in [1.165, 1.54) is 12.1 Å². The summed E-state index contributed by atoms with van der Waals surface area (Å²) in [6.07, 6.45) is 1.59. The summed E-state index contributed by atoms with van der Waals surface area (Å²) in [4.78, 5) is 16.0. The van der Waals surface area contributed by atoms with Crippen LogP contribution in [0.15, 0.2) is 34.9 Å². The monoisotopic (exact) mass is 342 g/mol. The lowest BCUT2D eigenvalue weighted by Gasteiger charge is -2.07. The smallest absolute Gasteiger partial charge is 0.258 e. The highest BCUT2D eigenvalue weighted by atomic mass is 79.9. The number of amides is 1. The number of hydrogen-bond acceptors (Lipinski definition) is 2. The number of nitrogens with one attached hydrogen (secondary N) is 1. The maximum absolute atomic E-state index is 12.9. The van der Waals surface area contributed by atoms with Gasteiger partial charge in [0, 0.05) is 10.7 Å². The van der Waals surface area contributed by atoms with Crippen molar-refractivity contribution in [3.63, 3.8) is 0 Å². The van der Waals surface area contributed by atoms with Crippen molar-refractivity contribution in [1.82, 2.24) is 4.98 Å². The van der Waals surface area contributed by atoms with E-state index in [4.69, 9.17) is 11.6 Å². The van der Waals surface area contributed by atoms with Crippen LogP contribution in [-0.4, -0.2) is 10.9 Å². The van der Waals surface area contributed by atoms with Crippen molar-refractivity contribution in [3.8, 4) is 0 Å². The fourth-order valence-electron chi connectivity index (χ4n) is 1.46. The molecule has 0 aliphatic carbocycles. The van der Waals surface area contributed by atoms with Gasteiger partial charge in [-0.2, -0.15) is 0 Å². The Morgan fingerprint density at radius 3 is 2.79 bits per heavy atom. The molecule has 0 saturated heterocycles. The zero-order valence-electron chi connectivity index (χ0n) is 9.88. The van der Waals surface area contributed by atoms with Crippen LogP contribution in [0.2, 0.25) is 5.02 Å². The number of hydrogen-bond donors (Lipinski definition) is 1. The number of anilines is 1. The minimum Gasteiger partial charge on any atom is -0.307 e. The molecule has 98 valence electrons. The van der Waals surface area contributed by atoms with Crippen molar-refractivity contribution < 1.29 is 9.18 Å². The summed E-state index contributed by atoms with van der Waals surface area (Å²) in [7, 11) is 0. The van der Waals surface area contributed by atoms with Gasteiger partial charge in [-0.15, -0.1) is 0 Å². The highest BCUT2D eigenvalue weighted by Crippen LogP contribution is 2.20. The van der Waals surface area contributed by atoms with Crippen molar-refractivity contribution in [3.05, 3.63) is 56.9 Å².